The molecular formula is C24H21ClN2. The largest absolute Gasteiger partial charge is 0.321 e. The van der Waals surface area contributed by atoms with Gasteiger partial charge in [-0.05, 0) is 29.3 Å². The number of allylic oxidation sites excluding steroid dienone is 1. The molecule has 0 aliphatic heterocycles. The molecule has 27 heavy (non-hydrogen) atoms. The predicted octanol–water partition coefficient (Wildman–Crippen LogP) is 6.34. The van der Waals surface area contributed by atoms with Crippen molar-refractivity contribution in [2.75, 3.05) is 0 Å². The zero-order chi connectivity index (χ0) is 17.6. The minimum absolute atomic E-state index is 0. The molecule has 0 aliphatic carbocycles. The molecule has 134 valence electrons. The third kappa shape index (κ3) is 4.55. The van der Waals surface area contributed by atoms with Crippen molar-refractivity contribution in [1.82, 2.24) is 9.55 Å². The number of aromatic nitrogens is 2. The monoisotopic (exact) mass is 372 g/mol. The average Bonchev–Trinajstić information content (AvgIpc) is 3.06. The van der Waals surface area contributed by atoms with Crippen molar-refractivity contribution in [2.24, 2.45) is 0 Å². The fourth-order valence-corrected chi connectivity index (χ4v) is 3.01. The van der Waals surface area contributed by atoms with Gasteiger partial charge < -0.3 is 4.57 Å². The third-order valence-corrected chi connectivity index (χ3v) is 4.31. The fourth-order valence-electron chi connectivity index (χ4n) is 3.01. The Kier molecular flexibility index (Phi) is 6.24. The molecule has 0 radical (unpaired) electrons. The summed E-state index contributed by atoms with van der Waals surface area (Å²) in [6.45, 7) is 0.782. The number of benzene rings is 3. The van der Waals surface area contributed by atoms with Crippen LogP contribution in [0.1, 0.15) is 17.0 Å². The number of nitrogens with zero attached hydrogens (tertiary/aromatic N) is 2. The van der Waals surface area contributed by atoms with Crippen LogP contribution in [-0.4, -0.2) is 9.55 Å². The summed E-state index contributed by atoms with van der Waals surface area (Å²) in [6.07, 6.45) is 8.53. The first-order valence-corrected chi connectivity index (χ1v) is 8.80. The maximum atomic E-state index is 4.80. The Bertz CT molecular complexity index is 1050. The first kappa shape index (κ1) is 18.7. The maximum Gasteiger partial charge on any atom is 0.134 e. The summed E-state index contributed by atoms with van der Waals surface area (Å²) in [6, 6.07) is 29.0. The summed E-state index contributed by atoms with van der Waals surface area (Å²) < 4.78 is 2.24. The van der Waals surface area contributed by atoms with Gasteiger partial charge in [0.1, 0.15) is 5.82 Å². The molecule has 4 aromatic rings. The normalized spacial score (nSPS) is 11.3. The van der Waals surface area contributed by atoms with E-state index in [0.717, 1.165) is 23.4 Å². The molecule has 0 bridgehead atoms. The Morgan fingerprint density at radius 2 is 1.26 bits per heavy atom. The molecule has 2 nitrogen and oxygen atoms in total. The number of hydrogen-bond acceptors (Lipinski definition) is 1. The number of halogens is 1. The van der Waals surface area contributed by atoms with Crippen molar-refractivity contribution in [3.05, 3.63) is 108 Å². The first-order valence-electron chi connectivity index (χ1n) is 8.80. The lowest BCUT2D eigenvalue weighted by Gasteiger charge is -2.03. The number of imidazole rings is 1. The van der Waals surface area contributed by atoms with Gasteiger partial charge in [0.15, 0.2) is 0 Å². The van der Waals surface area contributed by atoms with Gasteiger partial charge in [-0.2, -0.15) is 0 Å². The van der Waals surface area contributed by atoms with E-state index in [-0.39, 0.29) is 12.4 Å². The molecule has 0 saturated carbocycles. The van der Waals surface area contributed by atoms with Crippen LogP contribution < -0.4 is 0 Å². The zero-order valence-electron chi connectivity index (χ0n) is 14.9. The number of hydrogen-bond donors (Lipinski definition) is 0. The second kappa shape index (κ2) is 9.02. The lowest BCUT2D eigenvalue weighted by Crippen LogP contribution is -1.98. The second-order valence-electron chi connectivity index (χ2n) is 6.13. The van der Waals surface area contributed by atoms with Crippen LogP contribution in [0, 0.1) is 0 Å². The molecule has 0 fully saturated rings. The van der Waals surface area contributed by atoms with Gasteiger partial charge in [-0.1, -0.05) is 91.0 Å². The van der Waals surface area contributed by atoms with Crippen LogP contribution in [-0.2, 0) is 6.54 Å². The van der Waals surface area contributed by atoms with Gasteiger partial charge in [0.2, 0.25) is 0 Å². The Balaban J connectivity index is 0.00000210. The van der Waals surface area contributed by atoms with E-state index in [1.165, 1.54) is 11.1 Å². The number of fused-ring (bicyclic) bond motifs is 1. The smallest absolute Gasteiger partial charge is 0.134 e. The van der Waals surface area contributed by atoms with Gasteiger partial charge in [0.25, 0.3) is 0 Å². The van der Waals surface area contributed by atoms with Crippen molar-refractivity contribution in [1.29, 1.82) is 0 Å². The average molecular weight is 373 g/mol. The van der Waals surface area contributed by atoms with E-state index in [2.05, 4.69) is 83.5 Å². The van der Waals surface area contributed by atoms with Crippen LogP contribution in [0.25, 0.3) is 29.3 Å². The standard InChI is InChI=1S/C24H20N2.ClH/c1-3-10-20(11-4-1)14-9-19-26-23-16-8-7-15-22(23)25-24(26)18-17-21-12-5-2-6-13-21;/h1-18H,19H2;1H/b14-9+,18-17+;. The van der Waals surface area contributed by atoms with Crippen LogP contribution in [0.2, 0.25) is 0 Å². The minimum atomic E-state index is 0. The van der Waals surface area contributed by atoms with E-state index in [0.29, 0.717) is 0 Å². The maximum absolute atomic E-state index is 4.80. The van der Waals surface area contributed by atoms with E-state index in [9.17, 15) is 0 Å². The summed E-state index contributed by atoms with van der Waals surface area (Å²) in [5.41, 5.74) is 4.55. The lowest BCUT2D eigenvalue weighted by atomic mass is 10.2. The summed E-state index contributed by atoms with van der Waals surface area (Å²) in [7, 11) is 0. The van der Waals surface area contributed by atoms with Crippen LogP contribution in [0.3, 0.4) is 0 Å². The highest BCUT2D eigenvalue weighted by Crippen LogP contribution is 2.18. The molecule has 0 amide bonds. The molecule has 3 heteroatoms. The number of rotatable bonds is 5. The van der Waals surface area contributed by atoms with E-state index in [1.807, 2.05) is 30.3 Å². The molecule has 0 spiro atoms. The van der Waals surface area contributed by atoms with Gasteiger partial charge in [0, 0.05) is 6.54 Å². The molecule has 1 heterocycles. The van der Waals surface area contributed by atoms with E-state index >= 15 is 0 Å². The van der Waals surface area contributed by atoms with Crippen LogP contribution >= 0.6 is 12.4 Å². The predicted molar refractivity (Wildman–Crippen MR) is 118 cm³/mol. The Morgan fingerprint density at radius 1 is 0.667 bits per heavy atom. The Labute approximate surface area is 165 Å². The molecule has 0 unspecified atom stereocenters. The summed E-state index contributed by atoms with van der Waals surface area (Å²) in [4.78, 5) is 4.80. The van der Waals surface area contributed by atoms with E-state index in [4.69, 9.17) is 4.98 Å². The van der Waals surface area contributed by atoms with Crippen molar-refractivity contribution in [3.63, 3.8) is 0 Å². The molecular weight excluding hydrogens is 352 g/mol. The van der Waals surface area contributed by atoms with E-state index < -0.39 is 0 Å². The highest BCUT2D eigenvalue weighted by Gasteiger charge is 2.06. The van der Waals surface area contributed by atoms with Crippen molar-refractivity contribution in [2.45, 2.75) is 6.54 Å². The SMILES string of the molecule is C(=C\c1ccccc1)/Cn1c(/C=C/c2ccccc2)nc2ccccc21.Cl. The number of para-hydroxylation sites is 2. The molecule has 3 aromatic carbocycles. The third-order valence-electron chi connectivity index (χ3n) is 4.31. The quantitative estimate of drug-likeness (QED) is 0.399. The van der Waals surface area contributed by atoms with Crippen molar-refractivity contribution in [3.8, 4) is 0 Å². The molecule has 1 aromatic heterocycles. The van der Waals surface area contributed by atoms with Crippen molar-refractivity contribution < 1.29 is 0 Å². The molecule has 4 rings (SSSR count). The van der Waals surface area contributed by atoms with Crippen LogP contribution in [0.5, 0.6) is 0 Å². The van der Waals surface area contributed by atoms with Gasteiger partial charge in [0.05, 0.1) is 11.0 Å². The molecule has 0 saturated heterocycles. The molecule has 0 aliphatic rings. The fraction of sp³-hybridized carbons (Fsp3) is 0.0417. The molecule has 0 atom stereocenters. The van der Waals surface area contributed by atoms with Gasteiger partial charge in [-0.15, -0.1) is 12.4 Å². The highest BCUT2D eigenvalue weighted by molar-refractivity contribution is 5.85. The van der Waals surface area contributed by atoms with Gasteiger partial charge in [-0.25, -0.2) is 4.98 Å². The first-order chi connectivity index (χ1) is 12.9. The topological polar surface area (TPSA) is 17.8 Å². The van der Waals surface area contributed by atoms with Crippen molar-refractivity contribution >= 4 is 41.7 Å². The van der Waals surface area contributed by atoms with Crippen LogP contribution in [0.15, 0.2) is 91.0 Å². The summed E-state index contributed by atoms with van der Waals surface area (Å²) in [5.74, 6) is 0.966. The zero-order valence-corrected chi connectivity index (χ0v) is 15.7. The van der Waals surface area contributed by atoms with Crippen LogP contribution in [0.4, 0.5) is 0 Å². The second-order valence-corrected chi connectivity index (χ2v) is 6.13. The highest BCUT2D eigenvalue weighted by atomic mass is 35.5. The summed E-state index contributed by atoms with van der Waals surface area (Å²) in [5, 5.41) is 0. The Morgan fingerprint density at radius 3 is 1.96 bits per heavy atom. The Hall–Kier alpha value is -3.10. The molecule has 0 N–H and O–H groups in total. The van der Waals surface area contributed by atoms with Gasteiger partial charge in [-0.3, -0.25) is 0 Å². The lowest BCUT2D eigenvalue weighted by molar-refractivity contribution is 0.840. The van der Waals surface area contributed by atoms with Gasteiger partial charge >= 0.3 is 0 Å². The summed E-state index contributed by atoms with van der Waals surface area (Å²) >= 11 is 0. The minimum Gasteiger partial charge on any atom is -0.321 e. The van der Waals surface area contributed by atoms with E-state index in [1.54, 1.807) is 0 Å².